The summed E-state index contributed by atoms with van der Waals surface area (Å²) in [5.74, 6) is -3.92. The van der Waals surface area contributed by atoms with E-state index in [-0.39, 0.29) is 31.2 Å². The van der Waals surface area contributed by atoms with E-state index in [1.165, 1.54) is 20.2 Å². The van der Waals surface area contributed by atoms with Gasteiger partial charge in [-0.25, -0.2) is 9.59 Å². The summed E-state index contributed by atoms with van der Waals surface area (Å²) in [6.07, 6.45) is -6.38. The number of alkyl carbamates (subject to hydrolysis) is 1. The van der Waals surface area contributed by atoms with Crippen molar-refractivity contribution in [1.82, 2.24) is 20.0 Å². The molecular weight excluding hydrogens is 838 g/mol. The molecule has 1 N–H and O–H groups in total. The van der Waals surface area contributed by atoms with Crippen molar-refractivity contribution in [2.24, 2.45) is 0 Å². The van der Waals surface area contributed by atoms with Crippen LogP contribution < -0.4 is 5.32 Å². The summed E-state index contributed by atoms with van der Waals surface area (Å²) >= 11 is 0. The van der Waals surface area contributed by atoms with Crippen molar-refractivity contribution >= 4 is 35.9 Å². The Labute approximate surface area is 371 Å². The molecule has 17 heteroatoms. The number of amides is 4. The van der Waals surface area contributed by atoms with E-state index < -0.39 is 96.9 Å². The number of carbonyl (C=O) groups is 6. The Morgan fingerprint density at radius 1 is 0.750 bits per heavy atom. The number of likely N-dealkylation sites (N-methyl/N-ethyl adjacent to an activating group) is 2. The van der Waals surface area contributed by atoms with Gasteiger partial charge < -0.3 is 34.1 Å². The van der Waals surface area contributed by atoms with Gasteiger partial charge >= 0.3 is 30.3 Å². The molecule has 0 spiro atoms. The third-order valence-electron chi connectivity index (χ3n) is 9.94. The molecule has 0 unspecified atom stereocenters. The highest BCUT2D eigenvalue weighted by Crippen LogP contribution is 2.44. The maximum Gasteiger partial charge on any atom is 0.416 e. The summed E-state index contributed by atoms with van der Waals surface area (Å²) in [6.45, 7) is 11.6. The molecule has 0 aromatic heterocycles. The molecule has 0 fully saturated rings. The number of alkyl halides is 3. The minimum atomic E-state index is -4.67. The topological polar surface area (TPSA) is 161 Å². The normalized spacial score (nSPS) is 13.3. The van der Waals surface area contributed by atoms with Crippen molar-refractivity contribution in [3.63, 3.8) is 0 Å². The van der Waals surface area contributed by atoms with Gasteiger partial charge in [0.25, 0.3) is 0 Å². The van der Waals surface area contributed by atoms with Crippen molar-refractivity contribution in [3.05, 3.63) is 108 Å². The largest absolute Gasteiger partial charge is 0.461 e. The molecule has 0 saturated heterocycles. The van der Waals surface area contributed by atoms with Gasteiger partial charge in [0.1, 0.15) is 43.0 Å². The standard InChI is InChI=1S/C47H57F3N4O10/c1-10-25-61-39(55)27-37(53(9)44(60)62-29-36-34-17-13-11-15-32(34)33-16-12-14-18-35(33)36)42(58)54(24-23-51-43(59)64-46(5,6)7)38(26-30-19-21-31(22-20-30)47(48,49)50)41(57)52(8)28-40(56)63-45(2,3)4/h10-22,36-38H,1,23-29H2,2-9H3,(H,51,59)/t37-,38-/m0/s1. The quantitative estimate of drug-likeness (QED) is 0.0839. The molecule has 4 amide bonds. The maximum atomic E-state index is 15.1. The molecule has 3 aromatic rings. The number of benzene rings is 3. The highest BCUT2D eigenvalue weighted by Gasteiger charge is 2.41. The van der Waals surface area contributed by atoms with Crippen LogP contribution in [0.1, 0.15) is 76.1 Å². The van der Waals surface area contributed by atoms with E-state index >= 15 is 4.79 Å². The van der Waals surface area contributed by atoms with Crippen LogP contribution >= 0.6 is 0 Å². The Hall–Kier alpha value is -6.39. The first-order valence-electron chi connectivity index (χ1n) is 20.6. The lowest BCUT2D eigenvalue weighted by molar-refractivity contribution is -0.160. The zero-order valence-corrected chi connectivity index (χ0v) is 37.5. The molecule has 3 aromatic carbocycles. The average Bonchev–Trinajstić information content (AvgIpc) is 3.53. The maximum absolute atomic E-state index is 15.1. The van der Waals surface area contributed by atoms with Gasteiger partial charge in [-0.15, -0.1) is 0 Å². The second-order valence-corrected chi connectivity index (χ2v) is 17.3. The molecule has 0 aliphatic heterocycles. The average molecular weight is 895 g/mol. The summed E-state index contributed by atoms with van der Waals surface area (Å²) in [6, 6.07) is 16.0. The number of nitrogens with zero attached hydrogens (tertiary/aromatic N) is 3. The molecule has 2 atom stereocenters. The molecule has 64 heavy (non-hydrogen) atoms. The first kappa shape index (κ1) is 50.3. The van der Waals surface area contributed by atoms with Crippen LogP contribution in [0.15, 0.2) is 85.5 Å². The van der Waals surface area contributed by atoms with Gasteiger partial charge in [-0.05, 0) is 81.5 Å². The number of esters is 2. The number of halogens is 3. The van der Waals surface area contributed by atoms with Crippen LogP contribution in [-0.2, 0) is 50.7 Å². The number of fused-ring (bicyclic) bond motifs is 3. The zero-order valence-electron chi connectivity index (χ0n) is 37.5. The van der Waals surface area contributed by atoms with Gasteiger partial charge in [0.05, 0.1) is 12.0 Å². The molecule has 4 rings (SSSR count). The molecule has 1 aliphatic carbocycles. The van der Waals surface area contributed by atoms with Gasteiger partial charge in [0.15, 0.2) is 0 Å². The Balaban J connectivity index is 1.76. The van der Waals surface area contributed by atoms with E-state index in [1.807, 2.05) is 48.5 Å². The summed E-state index contributed by atoms with van der Waals surface area (Å²) in [5.41, 5.74) is 1.18. The molecule has 1 aliphatic rings. The number of hydrogen-bond acceptors (Lipinski definition) is 10. The summed E-state index contributed by atoms with van der Waals surface area (Å²) in [5, 5.41) is 2.53. The summed E-state index contributed by atoms with van der Waals surface area (Å²) in [7, 11) is 2.52. The minimum absolute atomic E-state index is 0.146. The number of carbonyl (C=O) groups excluding carboxylic acids is 6. The SMILES string of the molecule is C=CCOC(=O)C[C@@H](C(=O)N(CCNC(=O)OC(C)(C)C)[C@@H](Cc1ccc(C(F)(F)F)cc1)C(=O)N(C)CC(=O)OC(C)(C)C)N(C)C(=O)OCC1c2ccccc2-c2ccccc21. The van der Waals surface area contributed by atoms with E-state index in [2.05, 4.69) is 11.9 Å². The Morgan fingerprint density at radius 3 is 1.84 bits per heavy atom. The summed E-state index contributed by atoms with van der Waals surface area (Å²) < 4.78 is 62.6. The number of nitrogens with one attached hydrogen (secondary N) is 1. The van der Waals surface area contributed by atoms with E-state index in [1.54, 1.807) is 41.5 Å². The predicted octanol–water partition coefficient (Wildman–Crippen LogP) is 7.14. The van der Waals surface area contributed by atoms with Crippen LogP contribution in [0.25, 0.3) is 11.1 Å². The van der Waals surface area contributed by atoms with E-state index in [0.717, 1.165) is 61.2 Å². The zero-order chi connectivity index (χ0) is 47.6. The lowest BCUT2D eigenvalue weighted by atomic mass is 9.98. The van der Waals surface area contributed by atoms with Crippen LogP contribution in [0.3, 0.4) is 0 Å². The Morgan fingerprint density at radius 2 is 1.31 bits per heavy atom. The third-order valence-corrected chi connectivity index (χ3v) is 9.94. The van der Waals surface area contributed by atoms with Crippen molar-refractivity contribution in [1.29, 1.82) is 0 Å². The van der Waals surface area contributed by atoms with Crippen molar-refractivity contribution in [3.8, 4) is 11.1 Å². The lowest BCUT2D eigenvalue weighted by Gasteiger charge is -2.37. The highest BCUT2D eigenvalue weighted by molar-refractivity contribution is 5.94. The second kappa shape index (κ2) is 21.3. The third kappa shape index (κ3) is 14.1. The van der Waals surface area contributed by atoms with Gasteiger partial charge in [-0.1, -0.05) is 73.3 Å². The summed E-state index contributed by atoms with van der Waals surface area (Å²) in [4.78, 5) is 85.7. The number of rotatable bonds is 17. The van der Waals surface area contributed by atoms with E-state index in [9.17, 15) is 37.1 Å². The van der Waals surface area contributed by atoms with Crippen molar-refractivity contribution in [2.45, 2.75) is 89.8 Å². The van der Waals surface area contributed by atoms with Crippen LogP contribution in [0.4, 0.5) is 22.8 Å². The van der Waals surface area contributed by atoms with Gasteiger partial charge in [-0.3, -0.25) is 24.1 Å². The van der Waals surface area contributed by atoms with E-state index in [0.29, 0.717) is 0 Å². The van der Waals surface area contributed by atoms with Crippen molar-refractivity contribution < 1.29 is 60.9 Å². The Bertz CT molecular complexity index is 2120. The Kier molecular flexibility index (Phi) is 16.7. The fraction of sp³-hybridized carbons (Fsp3) is 0.447. The van der Waals surface area contributed by atoms with Crippen LogP contribution in [-0.4, -0.2) is 121 Å². The second-order valence-electron chi connectivity index (χ2n) is 17.3. The van der Waals surface area contributed by atoms with Crippen LogP contribution in [0.5, 0.6) is 0 Å². The fourth-order valence-electron chi connectivity index (χ4n) is 7.07. The molecule has 0 heterocycles. The van der Waals surface area contributed by atoms with Crippen LogP contribution in [0.2, 0.25) is 0 Å². The monoisotopic (exact) mass is 894 g/mol. The highest BCUT2D eigenvalue weighted by atomic mass is 19.4. The van der Waals surface area contributed by atoms with Crippen molar-refractivity contribution in [2.75, 3.05) is 46.9 Å². The molecule has 0 saturated carbocycles. The van der Waals surface area contributed by atoms with Gasteiger partial charge in [-0.2, -0.15) is 13.2 Å². The van der Waals surface area contributed by atoms with Gasteiger partial charge in [0, 0.05) is 39.5 Å². The molecule has 14 nitrogen and oxygen atoms in total. The first-order chi connectivity index (χ1) is 29.9. The van der Waals surface area contributed by atoms with Crippen LogP contribution in [0, 0.1) is 0 Å². The minimum Gasteiger partial charge on any atom is -0.461 e. The molecule has 346 valence electrons. The number of hydrogen-bond donors (Lipinski definition) is 1. The van der Waals surface area contributed by atoms with E-state index in [4.69, 9.17) is 18.9 Å². The van der Waals surface area contributed by atoms with Gasteiger partial charge in [0.2, 0.25) is 11.8 Å². The lowest BCUT2D eigenvalue weighted by Crippen LogP contribution is -2.59. The molecular formula is C47H57F3N4O10. The predicted molar refractivity (Wildman–Crippen MR) is 231 cm³/mol. The first-order valence-corrected chi connectivity index (χ1v) is 20.6. The molecule has 0 bridgehead atoms. The fourth-order valence-corrected chi connectivity index (χ4v) is 7.07. The molecule has 0 radical (unpaired) electrons. The smallest absolute Gasteiger partial charge is 0.416 e. The number of ether oxygens (including phenoxy) is 4.